The molecule has 3 heteroatoms. The van der Waals surface area contributed by atoms with E-state index >= 15 is 0 Å². The zero-order valence-corrected chi connectivity index (χ0v) is 18.0. The first-order chi connectivity index (χ1) is 14.2. The third kappa shape index (κ3) is 3.94. The van der Waals surface area contributed by atoms with E-state index in [0.29, 0.717) is 0 Å². The highest BCUT2D eigenvalue weighted by Gasteiger charge is 2.45. The molecule has 1 nitrogen and oxygen atoms in total. The van der Waals surface area contributed by atoms with Gasteiger partial charge >= 0.3 is 0 Å². The van der Waals surface area contributed by atoms with Crippen LogP contribution in [0.2, 0.25) is 5.02 Å². The largest absolute Gasteiger partial charge is 0.497 e. The highest BCUT2D eigenvalue weighted by Crippen LogP contribution is 2.58. The predicted molar refractivity (Wildman–Crippen MR) is 127 cm³/mol. The Kier molecular flexibility index (Phi) is 6.00. The van der Waals surface area contributed by atoms with Crippen molar-refractivity contribution >= 4 is 34.8 Å². The van der Waals surface area contributed by atoms with E-state index in [1.165, 1.54) is 15.9 Å². The van der Waals surface area contributed by atoms with Crippen LogP contribution in [0.15, 0.2) is 109 Å². The van der Waals surface area contributed by atoms with Crippen LogP contribution in [0.25, 0.3) is 0 Å². The van der Waals surface area contributed by atoms with Crippen molar-refractivity contribution in [2.75, 3.05) is 7.11 Å². The summed E-state index contributed by atoms with van der Waals surface area (Å²) in [6.07, 6.45) is 0.834. The van der Waals surface area contributed by atoms with Gasteiger partial charge in [-0.05, 0) is 54.6 Å². The molecule has 0 fully saturated rings. The van der Waals surface area contributed by atoms with Gasteiger partial charge in [0.15, 0.2) is 0 Å². The Hall–Kier alpha value is -2.60. The van der Waals surface area contributed by atoms with Crippen LogP contribution < -0.4 is 20.7 Å². The number of rotatable bonds is 6. The van der Waals surface area contributed by atoms with Crippen LogP contribution in [0, 0.1) is 0 Å². The van der Waals surface area contributed by atoms with Gasteiger partial charge in [-0.25, -0.2) is 0 Å². The van der Waals surface area contributed by atoms with Crippen molar-refractivity contribution in [3.63, 3.8) is 0 Å². The molecule has 0 bridgehead atoms. The van der Waals surface area contributed by atoms with Crippen molar-refractivity contribution in [3.05, 3.63) is 120 Å². The Balaban J connectivity index is 2.01. The first-order valence-corrected chi connectivity index (χ1v) is 12.0. The lowest BCUT2D eigenvalue weighted by atomic mass is 10.2. The second-order valence-electron chi connectivity index (χ2n) is 6.93. The van der Waals surface area contributed by atoms with Crippen LogP contribution in [0.4, 0.5) is 0 Å². The molecule has 0 saturated heterocycles. The van der Waals surface area contributed by atoms with Crippen molar-refractivity contribution in [1.82, 2.24) is 0 Å². The van der Waals surface area contributed by atoms with Crippen LogP contribution in [-0.4, -0.2) is 7.11 Å². The third-order valence-corrected chi connectivity index (χ3v) is 9.97. The molecule has 0 heterocycles. The van der Waals surface area contributed by atoms with Crippen molar-refractivity contribution in [2.24, 2.45) is 0 Å². The molecule has 0 aromatic heterocycles. The van der Waals surface area contributed by atoms with E-state index in [2.05, 4.69) is 97.1 Å². The van der Waals surface area contributed by atoms with Gasteiger partial charge in [-0.3, -0.25) is 0 Å². The van der Waals surface area contributed by atoms with Crippen LogP contribution in [-0.2, 0) is 6.16 Å². The summed E-state index contributed by atoms with van der Waals surface area (Å²) in [5.74, 6) is 0.830. The molecule has 0 atom stereocenters. The van der Waals surface area contributed by atoms with Gasteiger partial charge in [0.05, 0.1) is 7.11 Å². The minimum atomic E-state index is -1.97. The highest BCUT2D eigenvalue weighted by atomic mass is 35.5. The third-order valence-electron chi connectivity index (χ3n) is 5.25. The SMILES string of the molecule is COc1ccc(Cl)c(C[P+](c2ccccc2)(c2ccccc2)c2ccccc2)c1. The molecular formula is C26H23ClOP+. The number of methoxy groups -OCH3 is 1. The molecule has 0 radical (unpaired) electrons. The summed E-state index contributed by atoms with van der Waals surface area (Å²) in [5.41, 5.74) is 1.11. The number of hydrogen-bond donors (Lipinski definition) is 0. The Morgan fingerprint density at radius 2 is 1.10 bits per heavy atom. The molecule has 0 aliphatic rings. The molecule has 0 saturated carbocycles. The van der Waals surface area contributed by atoms with Crippen LogP contribution in [0.3, 0.4) is 0 Å². The Bertz CT molecular complexity index is 969. The predicted octanol–water partition coefficient (Wildman–Crippen LogP) is 5.84. The standard InChI is InChI=1S/C26H23ClOP/c1-28-22-17-18-26(27)21(19-22)20-29(23-11-5-2-6-12-23,24-13-7-3-8-14-24)25-15-9-4-10-16-25/h2-19H,20H2,1H3/q+1. The lowest BCUT2D eigenvalue weighted by Crippen LogP contribution is -2.32. The van der Waals surface area contributed by atoms with Gasteiger partial charge in [0.1, 0.15) is 35.1 Å². The van der Waals surface area contributed by atoms with Crippen LogP contribution in [0.5, 0.6) is 5.75 Å². The van der Waals surface area contributed by atoms with Gasteiger partial charge in [-0.2, -0.15) is 0 Å². The molecule has 0 unspecified atom stereocenters. The highest BCUT2D eigenvalue weighted by molar-refractivity contribution is 7.95. The summed E-state index contributed by atoms with van der Waals surface area (Å²) in [7, 11) is -0.277. The van der Waals surface area contributed by atoms with E-state index in [0.717, 1.165) is 22.5 Å². The van der Waals surface area contributed by atoms with E-state index in [4.69, 9.17) is 16.3 Å². The summed E-state index contributed by atoms with van der Waals surface area (Å²) in [6, 6.07) is 38.4. The normalized spacial score (nSPS) is 11.2. The van der Waals surface area contributed by atoms with Crippen molar-refractivity contribution in [1.29, 1.82) is 0 Å². The minimum Gasteiger partial charge on any atom is -0.497 e. The topological polar surface area (TPSA) is 9.23 Å². The lowest BCUT2D eigenvalue weighted by Gasteiger charge is -2.28. The number of ether oxygens (including phenoxy) is 1. The quantitative estimate of drug-likeness (QED) is 0.358. The maximum absolute atomic E-state index is 6.68. The maximum atomic E-state index is 6.68. The van der Waals surface area contributed by atoms with Crippen molar-refractivity contribution < 1.29 is 4.74 Å². The van der Waals surface area contributed by atoms with Crippen LogP contribution >= 0.6 is 18.9 Å². The number of hydrogen-bond acceptors (Lipinski definition) is 1. The lowest BCUT2D eigenvalue weighted by molar-refractivity contribution is 0.414. The zero-order valence-electron chi connectivity index (χ0n) is 16.3. The van der Waals surface area contributed by atoms with Gasteiger partial charge < -0.3 is 4.74 Å². The second-order valence-corrected chi connectivity index (χ2v) is 10.8. The van der Waals surface area contributed by atoms with Crippen molar-refractivity contribution in [3.8, 4) is 5.75 Å². The molecule has 4 rings (SSSR count). The first kappa shape index (κ1) is 19.7. The van der Waals surface area contributed by atoms with Gasteiger partial charge in [-0.1, -0.05) is 66.2 Å². The van der Waals surface area contributed by atoms with Gasteiger partial charge in [0.2, 0.25) is 0 Å². The second kappa shape index (κ2) is 8.82. The summed E-state index contributed by atoms with van der Waals surface area (Å²) < 4.78 is 5.50. The summed E-state index contributed by atoms with van der Waals surface area (Å²) >= 11 is 6.68. The number of benzene rings is 4. The molecule has 0 aliphatic carbocycles. The molecule has 4 aromatic carbocycles. The zero-order chi connectivity index (χ0) is 20.1. The average molecular weight is 418 g/mol. The first-order valence-electron chi connectivity index (χ1n) is 9.61. The van der Waals surface area contributed by atoms with E-state index in [1.54, 1.807) is 7.11 Å². The fraction of sp³-hybridized carbons (Fsp3) is 0.0769. The van der Waals surface area contributed by atoms with Gasteiger partial charge in [0, 0.05) is 10.6 Å². The van der Waals surface area contributed by atoms with E-state index in [-0.39, 0.29) is 0 Å². The van der Waals surface area contributed by atoms with Crippen molar-refractivity contribution in [2.45, 2.75) is 6.16 Å². The molecule has 29 heavy (non-hydrogen) atoms. The van der Waals surface area contributed by atoms with Gasteiger partial charge in [-0.15, -0.1) is 0 Å². The summed E-state index contributed by atoms with van der Waals surface area (Å²) in [5, 5.41) is 4.81. The van der Waals surface area contributed by atoms with E-state index in [1.807, 2.05) is 12.1 Å². The fourth-order valence-corrected chi connectivity index (χ4v) is 8.36. The van der Waals surface area contributed by atoms with Gasteiger partial charge in [0.25, 0.3) is 0 Å². The fourth-order valence-electron chi connectivity index (χ4n) is 3.82. The molecule has 0 amide bonds. The molecule has 4 aromatic rings. The van der Waals surface area contributed by atoms with E-state index < -0.39 is 7.26 Å². The Labute approximate surface area is 178 Å². The Morgan fingerprint density at radius 1 is 0.655 bits per heavy atom. The van der Waals surface area contributed by atoms with E-state index in [9.17, 15) is 0 Å². The minimum absolute atomic E-state index is 0.776. The summed E-state index contributed by atoms with van der Waals surface area (Å²) in [4.78, 5) is 0. The molecule has 0 N–H and O–H groups in total. The molecule has 0 aliphatic heterocycles. The Morgan fingerprint density at radius 3 is 1.52 bits per heavy atom. The smallest absolute Gasteiger partial charge is 0.119 e. The summed E-state index contributed by atoms with van der Waals surface area (Å²) in [6.45, 7) is 0. The molecule has 0 spiro atoms. The van der Waals surface area contributed by atoms with Crippen LogP contribution in [0.1, 0.15) is 5.56 Å². The average Bonchev–Trinajstić information content (AvgIpc) is 2.80. The monoisotopic (exact) mass is 417 g/mol. The maximum Gasteiger partial charge on any atom is 0.119 e. The number of halogens is 1. The molecular weight excluding hydrogens is 395 g/mol. The molecule has 144 valence electrons.